The van der Waals surface area contributed by atoms with E-state index < -0.39 is 28.5 Å². The van der Waals surface area contributed by atoms with E-state index in [4.69, 9.17) is 4.74 Å². The molecule has 41 heavy (non-hydrogen) atoms. The lowest BCUT2D eigenvalue weighted by atomic mass is 10.1. The summed E-state index contributed by atoms with van der Waals surface area (Å²) in [5.74, 6) is -0.373. The summed E-state index contributed by atoms with van der Waals surface area (Å²) < 4.78 is 35.0. The number of ether oxygens (including phenoxy) is 1. The lowest BCUT2D eigenvalue weighted by Crippen LogP contribution is -2.53. The molecule has 0 fully saturated rings. The molecular formula is C32H41N3O5S. The van der Waals surface area contributed by atoms with Gasteiger partial charge in [0.15, 0.2) is 0 Å². The number of sulfonamides is 1. The zero-order chi connectivity index (χ0) is 29.8. The van der Waals surface area contributed by atoms with Crippen LogP contribution in [-0.2, 0) is 26.0 Å². The van der Waals surface area contributed by atoms with Crippen LogP contribution in [0.4, 0.5) is 5.69 Å². The van der Waals surface area contributed by atoms with Crippen molar-refractivity contribution in [3.8, 4) is 5.75 Å². The van der Waals surface area contributed by atoms with E-state index in [1.54, 1.807) is 36.4 Å². The fourth-order valence-electron chi connectivity index (χ4n) is 4.55. The number of carbonyl (C=O) groups excluding carboxylic acids is 2. The molecule has 1 N–H and O–H groups in total. The van der Waals surface area contributed by atoms with Crippen molar-refractivity contribution in [3.63, 3.8) is 0 Å². The monoisotopic (exact) mass is 579 g/mol. The predicted octanol–water partition coefficient (Wildman–Crippen LogP) is 4.97. The lowest BCUT2D eigenvalue weighted by Gasteiger charge is -2.33. The highest BCUT2D eigenvalue weighted by Gasteiger charge is 2.34. The van der Waals surface area contributed by atoms with Crippen LogP contribution in [0.15, 0.2) is 83.8 Å². The molecule has 2 amide bonds. The van der Waals surface area contributed by atoms with E-state index in [2.05, 4.69) is 5.32 Å². The van der Waals surface area contributed by atoms with Crippen molar-refractivity contribution in [3.05, 3.63) is 90.0 Å². The number of rotatable bonds is 15. The van der Waals surface area contributed by atoms with Crippen LogP contribution in [0.3, 0.4) is 0 Å². The highest BCUT2D eigenvalue weighted by atomic mass is 32.2. The normalized spacial score (nSPS) is 11.9. The first-order valence-electron chi connectivity index (χ1n) is 14.1. The van der Waals surface area contributed by atoms with Gasteiger partial charge in [-0.2, -0.15) is 0 Å². The number of amides is 2. The minimum absolute atomic E-state index is 0.0609. The van der Waals surface area contributed by atoms with Crippen LogP contribution in [0.5, 0.6) is 5.75 Å². The number of para-hydroxylation sites is 2. The van der Waals surface area contributed by atoms with Crippen LogP contribution in [0.25, 0.3) is 0 Å². The standard InChI is InChI=1S/C32H41N3O5S/c1-5-22-33-32(37)28(6-2)34(23-21-26-13-9-8-10-14-26)31(36)24-35(29-15-11-12-16-30(29)40-7-3)41(38,39)27-19-17-25(4)18-20-27/h8-20,28H,5-7,21-24H2,1-4H3,(H,33,37). The average molecular weight is 580 g/mol. The molecular weight excluding hydrogens is 538 g/mol. The third-order valence-corrected chi connectivity index (χ3v) is 8.51. The molecule has 1 unspecified atom stereocenters. The third-order valence-electron chi connectivity index (χ3n) is 6.74. The first kappa shape index (κ1) is 31.7. The third kappa shape index (κ3) is 8.33. The second-order valence-electron chi connectivity index (χ2n) is 9.76. The predicted molar refractivity (Wildman–Crippen MR) is 163 cm³/mol. The average Bonchev–Trinajstić information content (AvgIpc) is 2.98. The van der Waals surface area contributed by atoms with Crippen LogP contribution >= 0.6 is 0 Å². The minimum atomic E-state index is -4.17. The Bertz CT molecular complexity index is 1380. The van der Waals surface area contributed by atoms with Crippen molar-refractivity contribution in [2.75, 3.05) is 30.5 Å². The van der Waals surface area contributed by atoms with Crippen molar-refractivity contribution in [2.45, 2.75) is 57.9 Å². The van der Waals surface area contributed by atoms with Crippen LogP contribution in [0, 0.1) is 6.92 Å². The number of anilines is 1. The Morgan fingerprint density at radius 3 is 2.20 bits per heavy atom. The van der Waals surface area contributed by atoms with E-state index in [0.29, 0.717) is 31.7 Å². The Labute approximate surface area is 244 Å². The molecule has 0 saturated heterocycles. The van der Waals surface area contributed by atoms with E-state index in [9.17, 15) is 18.0 Å². The highest BCUT2D eigenvalue weighted by Crippen LogP contribution is 2.33. The molecule has 0 aliphatic rings. The van der Waals surface area contributed by atoms with Crippen LogP contribution in [0.2, 0.25) is 0 Å². The van der Waals surface area contributed by atoms with Gasteiger partial charge in [0.1, 0.15) is 18.3 Å². The van der Waals surface area contributed by atoms with Crippen molar-refractivity contribution < 1.29 is 22.7 Å². The van der Waals surface area contributed by atoms with Gasteiger partial charge in [-0.3, -0.25) is 13.9 Å². The van der Waals surface area contributed by atoms with E-state index in [0.717, 1.165) is 21.9 Å². The topological polar surface area (TPSA) is 96.0 Å². The number of carbonyl (C=O) groups is 2. The van der Waals surface area contributed by atoms with Crippen molar-refractivity contribution in [1.29, 1.82) is 0 Å². The summed E-state index contributed by atoms with van der Waals surface area (Å²) in [4.78, 5) is 28.9. The fraction of sp³-hybridized carbons (Fsp3) is 0.375. The molecule has 0 aliphatic heterocycles. The molecule has 3 rings (SSSR count). The maximum atomic E-state index is 14.1. The van der Waals surface area contributed by atoms with Gasteiger partial charge in [0.2, 0.25) is 11.8 Å². The highest BCUT2D eigenvalue weighted by molar-refractivity contribution is 7.92. The van der Waals surface area contributed by atoms with Gasteiger partial charge in [-0.1, -0.05) is 74.0 Å². The van der Waals surface area contributed by atoms with Gasteiger partial charge in [-0.25, -0.2) is 8.42 Å². The van der Waals surface area contributed by atoms with E-state index in [1.165, 1.54) is 17.0 Å². The Kier molecular flexibility index (Phi) is 11.8. The van der Waals surface area contributed by atoms with Gasteiger partial charge >= 0.3 is 0 Å². The smallest absolute Gasteiger partial charge is 0.264 e. The quantitative estimate of drug-likeness (QED) is 0.275. The molecule has 0 spiro atoms. The fourth-order valence-corrected chi connectivity index (χ4v) is 5.98. The van der Waals surface area contributed by atoms with Gasteiger partial charge in [0.05, 0.1) is 17.2 Å². The van der Waals surface area contributed by atoms with Crippen molar-refractivity contribution >= 4 is 27.5 Å². The molecule has 8 nitrogen and oxygen atoms in total. The van der Waals surface area contributed by atoms with Crippen LogP contribution in [0.1, 0.15) is 44.7 Å². The van der Waals surface area contributed by atoms with Gasteiger partial charge < -0.3 is 15.0 Å². The van der Waals surface area contributed by atoms with Gasteiger partial charge in [0.25, 0.3) is 10.0 Å². The van der Waals surface area contributed by atoms with Gasteiger partial charge in [0, 0.05) is 13.1 Å². The zero-order valence-electron chi connectivity index (χ0n) is 24.4. The minimum Gasteiger partial charge on any atom is -0.492 e. The largest absolute Gasteiger partial charge is 0.492 e. The molecule has 220 valence electrons. The van der Waals surface area contributed by atoms with E-state index in [-0.39, 0.29) is 23.0 Å². The first-order chi connectivity index (χ1) is 19.7. The molecule has 3 aromatic rings. The van der Waals surface area contributed by atoms with Crippen LogP contribution < -0.4 is 14.4 Å². The maximum absolute atomic E-state index is 14.1. The van der Waals surface area contributed by atoms with Crippen molar-refractivity contribution in [1.82, 2.24) is 10.2 Å². The number of nitrogens with zero attached hydrogens (tertiary/aromatic N) is 2. The number of benzene rings is 3. The number of hydrogen-bond acceptors (Lipinski definition) is 5. The molecule has 1 atom stereocenters. The zero-order valence-corrected chi connectivity index (χ0v) is 25.2. The Morgan fingerprint density at radius 2 is 1.56 bits per heavy atom. The summed E-state index contributed by atoms with van der Waals surface area (Å²) in [6.07, 6.45) is 1.66. The second-order valence-corrected chi connectivity index (χ2v) is 11.6. The summed E-state index contributed by atoms with van der Waals surface area (Å²) in [6.45, 7) is 8.08. The number of nitrogens with one attached hydrogen (secondary N) is 1. The molecule has 0 bridgehead atoms. The SMILES string of the molecule is CCCNC(=O)C(CC)N(CCc1ccccc1)C(=O)CN(c1ccccc1OCC)S(=O)(=O)c1ccc(C)cc1. The summed E-state index contributed by atoms with van der Waals surface area (Å²) in [5.41, 5.74) is 2.19. The van der Waals surface area contributed by atoms with E-state index >= 15 is 0 Å². The Hall–Kier alpha value is -3.85. The number of hydrogen-bond donors (Lipinski definition) is 1. The molecule has 0 aromatic heterocycles. The molecule has 3 aromatic carbocycles. The molecule has 9 heteroatoms. The molecule has 0 heterocycles. The first-order valence-corrected chi connectivity index (χ1v) is 15.6. The summed E-state index contributed by atoms with van der Waals surface area (Å²) in [6, 6.07) is 22.2. The maximum Gasteiger partial charge on any atom is 0.264 e. The van der Waals surface area contributed by atoms with Gasteiger partial charge in [-0.15, -0.1) is 0 Å². The van der Waals surface area contributed by atoms with Crippen LogP contribution in [-0.4, -0.2) is 57.4 Å². The Balaban J connectivity index is 2.05. The molecule has 0 aliphatic carbocycles. The number of aryl methyl sites for hydroxylation is 1. The van der Waals surface area contributed by atoms with Gasteiger partial charge in [-0.05, 0) is 62.9 Å². The van der Waals surface area contributed by atoms with Crippen molar-refractivity contribution in [2.24, 2.45) is 0 Å². The van der Waals surface area contributed by atoms with E-state index in [1.807, 2.05) is 58.0 Å². The molecule has 0 saturated carbocycles. The lowest BCUT2D eigenvalue weighted by molar-refractivity contribution is -0.139. The summed E-state index contributed by atoms with van der Waals surface area (Å²) >= 11 is 0. The second kappa shape index (κ2) is 15.2. The summed E-state index contributed by atoms with van der Waals surface area (Å²) in [7, 11) is -4.17. The Morgan fingerprint density at radius 1 is 0.902 bits per heavy atom. The molecule has 0 radical (unpaired) electrons. The summed E-state index contributed by atoms with van der Waals surface area (Å²) in [5, 5.41) is 2.90.